The molecule has 1 aromatic carbocycles. The van der Waals surface area contributed by atoms with Gasteiger partial charge in [-0.1, -0.05) is 6.07 Å². The maximum absolute atomic E-state index is 11.2. The number of carbonyl (C=O) groups excluding carboxylic acids is 1. The van der Waals surface area contributed by atoms with E-state index in [2.05, 4.69) is 4.74 Å². The van der Waals surface area contributed by atoms with E-state index < -0.39 is 0 Å². The van der Waals surface area contributed by atoms with Gasteiger partial charge in [0.1, 0.15) is 0 Å². The second-order valence-corrected chi connectivity index (χ2v) is 3.80. The van der Waals surface area contributed by atoms with Gasteiger partial charge in [-0.2, -0.15) is 0 Å². The Bertz CT molecular complexity index is 347. The maximum Gasteiger partial charge on any atom is 0.337 e. The number of benzene rings is 1. The Labute approximate surface area is 95.2 Å². The molecule has 0 bridgehead atoms. The highest BCUT2D eigenvalue weighted by Gasteiger charge is 2.06. The van der Waals surface area contributed by atoms with E-state index in [0.29, 0.717) is 11.4 Å². The Balaban J connectivity index is 2.83. The van der Waals surface area contributed by atoms with Gasteiger partial charge < -0.3 is 4.74 Å². The second-order valence-electron chi connectivity index (χ2n) is 3.43. The summed E-state index contributed by atoms with van der Waals surface area (Å²) in [4.78, 5) is 11.2. The number of esters is 1. The molecule has 1 aromatic rings. The van der Waals surface area contributed by atoms with Crippen LogP contribution in [0.1, 0.15) is 27.9 Å². The molecule has 3 heteroatoms. The van der Waals surface area contributed by atoms with E-state index in [1.54, 1.807) is 6.07 Å². The summed E-state index contributed by atoms with van der Waals surface area (Å²) < 4.78 is 4.65. The second kappa shape index (κ2) is 5.76. The van der Waals surface area contributed by atoms with Gasteiger partial charge in [-0.3, -0.25) is 0 Å². The number of rotatable bonds is 4. The van der Waals surface area contributed by atoms with Gasteiger partial charge >= 0.3 is 5.97 Å². The third kappa shape index (κ3) is 3.24. The topological polar surface area (TPSA) is 26.3 Å². The van der Waals surface area contributed by atoms with Crippen molar-refractivity contribution in [2.45, 2.75) is 19.8 Å². The molecule has 0 spiro atoms. The van der Waals surface area contributed by atoms with Gasteiger partial charge in [-0.15, -0.1) is 11.6 Å². The highest BCUT2D eigenvalue weighted by molar-refractivity contribution is 6.17. The van der Waals surface area contributed by atoms with E-state index in [-0.39, 0.29) is 5.97 Å². The van der Waals surface area contributed by atoms with Crippen molar-refractivity contribution in [1.29, 1.82) is 0 Å². The largest absolute Gasteiger partial charge is 0.465 e. The molecule has 0 aliphatic carbocycles. The van der Waals surface area contributed by atoms with Crippen LogP contribution in [0.3, 0.4) is 0 Å². The molecular formula is C12H15ClO2. The summed E-state index contributed by atoms with van der Waals surface area (Å²) in [6, 6.07) is 5.62. The minimum absolute atomic E-state index is 0.290. The summed E-state index contributed by atoms with van der Waals surface area (Å²) in [6.45, 7) is 2.00. The number of alkyl halides is 1. The molecule has 0 saturated heterocycles. The molecule has 0 saturated carbocycles. The molecule has 15 heavy (non-hydrogen) atoms. The van der Waals surface area contributed by atoms with Gasteiger partial charge in [0.15, 0.2) is 0 Å². The summed E-state index contributed by atoms with van der Waals surface area (Å²) in [6.07, 6.45) is 1.91. The lowest BCUT2D eigenvalue weighted by atomic mass is 10.0. The van der Waals surface area contributed by atoms with E-state index >= 15 is 0 Å². The number of carbonyl (C=O) groups is 1. The van der Waals surface area contributed by atoms with Crippen LogP contribution in [0.25, 0.3) is 0 Å². The van der Waals surface area contributed by atoms with Gasteiger partial charge in [0.2, 0.25) is 0 Å². The molecule has 0 N–H and O–H groups in total. The average molecular weight is 227 g/mol. The molecule has 0 amide bonds. The molecule has 0 fully saturated rings. The Morgan fingerprint density at radius 2 is 2.20 bits per heavy atom. The first-order chi connectivity index (χ1) is 7.19. The van der Waals surface area contributed by atoms with Crippen LogP contribution in [-0.4, -0.2) is 19.0 Å². The summed E-state index contributed by atoms with van der Waals surface area (Å²) in [5, 5.41) is 0. The molecular weight excluding hydrogens is 212 g/mol. The lowest BCUT2D eigenvalue weighted by Crippen LogP contribution is -2.02. The third-order valence-electron chi connectivity index (χ3n) is 2.34. The highest BCUT2D eigenvalue weighted by atomic mass is 35.5. The molecule has 1 rings (SSSR count). The predicted molar refractivity (Wildman–Crippen MR) is 61.6 cm³/mol. The van der Waals surface area contributed by atoms with Gasteiger partial charge in [0.05, 0.1) is 12.7 Å². The summed E-state index contributed by atoms with van der Waals surface area (Å²) >= 11 is 5.63. The molecule has 0 heterocycles. The number of aryl methyl sites for hydroxylation is 2. The fraction of sp³-hybridized carbons (Fsp3) is 0.417. The zero-order chi connectivity index (χ0) is 11.3. The van der Waals surface area contributed by atoms with E-state index in [1.807, 2.05) is 19.1 Å². The Hall–Kier alpha value is -1.02. The van der Waals surface area contributed by atoms with E-state index in [9.17, 15) is 4.79 Å². The van der Waals surface area contributed by atoms with Gasteiger partial charge in [-0.05, 0) is 43.0 Å². The minimum Gasteiger partial charge on any atom is -0.465 e. The first-order valence-corrected chi connectivity index (χ1v) is 5.46. The predicted octanol–water partition coefficient (Wildman–Crippen LogP) is 2.95. The smallest absolute Gasteiger partial charge is 0.337 e. The number of methoxy groups -OCH3 is 1. The maximum atomic E-state index is 11.2. The van der Waals surface area contributed by atoms with Crippen LogP contribution in [0.4, 0.5) is 0 Å². The van der Waals surface area contributed by atoms with Crippen LogP contribution >= 0.6 is 11.6 Å². The van der Waals surface area contributed by atoms with E-state index in [4.69, 9.17) is 11.6 Å². The van der Waals surface area contributed by atoms with Crippen molar-refractivity contribution in [2.24, 2.45) is 0 Å². The summed E-state index contributed by atoms with van der Waals surface area (Å²) in [5.41, 5.74) is 2.95. The van der Waals surface area contributed by atoms with Crippen LogP contribution in [0.5, 0.6) is 0 Å². The van der Waals surface area contributed by atoms with Crippen molar-refractivity contribution in [2.75, 3.05) is 13.0 Å². The van der Waals surface area contributed by atoms with Gasteiger partial charge in [-0.25, -0.2) is 4.79 Å². The molecule has 0 unspecified atom stereocenters. The van der Waals surface area contributed by atoms with Crippen molar-refractivity contribution in [3.8, 4) is 0 Å². The van der Waals surface area contributed by atoms with Crippen LogP contribution in [0, 0.1) is 6.92 Å². The monoisotopic (exact) mass is 226 g/mol. The van der Waals surface area contributed by atoms with Crippen molar-refractivity contribution in [3.63, 3.8) is 0 Å². The zero-order valence-electron chi connectivity index (χ0n) is 9.05. The van der Waals surface area contributed by atoms with Crippen molar-refractivity contribution in [1.82, 2.24) is 0 Å². The molecule has 0 atom stereocenters. The Morgan fingerprint density at radius 1 is 1.47 bits per heavy atom. The summed E-state index contributed by atoms with van der Waals surface area (Å²) in [7, 11) is 1.39. The minimum atomic E-state index is -0.290. The quantitative estimate of drug-likeness (QED) is 0.583. The standard InChI is InChI=1S/C12H15ClO2/c1-9-8-11(12(14)15-2)6-5-10(9)4-3-7-13/h5-6,8H,3-4,7H2,1-2H3. The SMILES string of the molecule is COC(=O)c1ccc(CCCCl)c(C)c1. The summed E-state index contributed by atoms with van der Waals surface area (Å²) in [5.74, 6) is 0.375. The Morgan fingerprint density at radius 3 is 2.73 bits per heavy atom. The number of hydrogen-bond donors (Lipinski definition) is 0. The van der Waals surface area contributed by atoms with E-state index in [1.165, 1.54) is 12.7 Å². The number of halogens is 1. The average Bonchev–Trinajstić information content (AvgIpc) is 2.26. The number of ether oxygens (including phenoxy) is 1. The van der Waals surface area contributed by atoms with Crippen molar-refractivity contribution < 1.29 is 9.53 Å². The molecule has 0 aliphatic heterocycles. The number of hydrogen-bond acceptors (Lipinski definition) is 2. The van der Waals surface area contributed by atoms with Crippen LogP contribution < -0.4 is 0 Å². The first kappa shape index (κ1) is 12.1. The molecule has 0 aliphatic rings. The van der Waals surface area contributed by atoms with E-state index in [0.717, 1.165) is 18.4 Å². The molecule has 0 radical (unpaired) electrons. The highest BCUT2D eigenvalue weighted by Crippen LogP contribution is 2.14. The third-order valence-corrected chi connectivity index (χ3v) is 2.61. The fourth-order valence-electron chi connectivity index (χ4n) is 1.48. The van der Waals surface area contributed by atoms with Gasteiger partial charge in [0.25, 0.3) is 0 Å². The van der Waals surface area contributed by atoms with Crippen molar-refractivity contribution in [3.05, 3.63) is 34.9 Å². The van der Waals surface area contributed by atoms with Crippen LogP contribution in [-0.2, 0) is 11.2 Å². The normalized spacial score (nSPS) is 10.1. The Kier molecular flexibility index (Phi) is 4.63. The molecule has 82 valence electrons. The van der Waals surface area contributed by atoms with Crippen LogP contribution in [0.15, 0.2) is 18.2 Å². The van der Waals surface area contributed by atoms with Gasteiger partial charge in [0, 0.05) is 5.88 Å². The lowest BCUT2D eigenvalue weighted by Gasteiger charge is -2.06. The lowest BCUT2D eigenvalue weighted by molar-refractivity contribution is 0.0600. The van der Waals surface area contributed by atoms with Crippen molar-refractivity contribution >= 4 is 17.6 Å². The first-order valence-electron chi connectivity index (χ1n) is 4.93. The zero-order valence-corrected chi connectivity index (χ0v) is 9.80. The fourth-order valence-corrected chi connectivity index (χ4v) is 1.61. The van der Waals surface area contributed by atoms with Crippen LogP contribution in [0.2, 0.25) is 0 Å². The molecule has 0 aromatic heterocycles. The molecule has 2 nitrogen and oxygen atoms in total.